The van der Waals surface area contributed by atoms with E-state index in [2.05, 4.69) is 5.32 Å². The van der Waals surface area contributed by atoms with Gasteiger partial charge < -0.3 is 15.0 Å². The number of hydrogen-bond donors (Lipinski definition) is 1. The number of halogens is 3. The number of rotatable bonds is 10. The number of benzene rings is 2. The number of amides is 2. The maximum absolute atomic E-state index is 12.5. The molecule has 2 rings (SSSR count). The van der Waals surface area contributed by atoms with Crippen molar-refractivity contribution in [3.63, 3.8) is 0 Å². The molecule has 0 fully saturated rings. The highest BCUT2D eigenvalue weighted by atomic mass is 19.4. The summed E-state index contributed by atoms with van der Waals surface area (Å²) in [4.78, 5) is 25.9. The van der Waals surface area contributed by atoms with Crippen LogP contribution < -0.4 is 15.0 Å². The lowest BCUT2D eigenvalue weighted by Gasteiger charge is -2.21. The molecule has 0 spiro atoms. The molecule has 0 aliphatic rings. The van der Waals surface area contributed by atoms with Crippen LogP contribution >= 0.6 is 0 Å². The van der Waals surface area contributed by atoms with Crippen LogP contribution in [0, 0.1) is 11.3 Å². The first kappa shape index (κ1) is 23.7. The highest BCUT2D eigenvalue weighted by molar-refractivity contribution is 5.95. The van der Waals surface area contributed by atoms with Gasteiger partial charge in [0.15, 0.2) is 0 Å². The Labute approximate surface area is 178 Å². The zero-order valence-corrected chi connectivity index (χ0v) is 16.7. The third-order valence-electron chi connectivity index (χ3n) is 4.26. The van der Waals surface area contributed by atoms with Crippen LogP contribution in [-0.2, 0) is 15.8 Å². The molecule has 0 atom stereocenters. The van der Waals surface area contributed by atoms with E-state index in [4.69, 9.17) is 10.00 Å². The van der Waals surface area contributed by atoms with Crippen molar-refractivity contribution in [1.82, 2.24) is 5.32 Å². The summed E-state index contributed by atoms with van der Waals surface area (Å²) in [6.45, 7) is 0.455. The summed E-state index contributed by atoms with van der Waals surface area (Å²) in [5.41, 5.74) is -0.106. The number of nitrogens with one attached hydrogen (secondary N) is 1. The second kappa shape index (κ2) is 11.6. The normalized spacial score (nSPS) is 10.8. The second-order valence-corrected chi connectivity index (χ2v) is 6.51. The second-order valence-electron chi connectivity index (χ2n) is 6.51. The third-order valence-corrected chi connectivity index (χ3v) is 4.26. The van der Waals surface area contributed by atoms with Crippen LogP contribution in [0.5, 0.6) is 5.75 Å². The molecule has 2 aromatic rings. The zero-order chi connectivity index (χ0) is 22.7. The predicted molar refractivity (Wildman–Crippen MR) is 108 cm³/mol. The van der Waals surface area contributed by atoms with E-state index in [0.29, 0.717) is 5.69 Å². The summed E-state index contributed by atoms with van der Waals surface area (Å²) in [5, 5.41) is 11.4. The SMILES string of the molecule is N#CCCN(C(=O)CCC(=O)NCCOc1ccc(C(F)(F)F)cc1)c1ccccc1. The number of carbonyl (C=O) groups is 2. The monoisotopic (exact) mass is 433 g/mol. The van der Waals surface area contributed by atoms with Gasteiger partial charge in [0, 0.05) is 25.1 Å². The first-order valence-electron chi connectivity index (χ1n) is 9.60. The van der Waals surface area contributed by atoms with Gasteiger partial charge in [-0.15, -0.1) is 0 Å². The molecule has 0 saturated carbocycles. The van der Waals surface area contributed by atoms with Crippen LogP contribution in [0.25, 0.3) is 0 Å². The molecule has 0 saturated heterocycles. The molecule has 1 N–H and O–H groups in total. The Morgan fingerprint density at radius 2 is 1.71 bits per heavy atom. The molecule has 0 heterocycles. The van der Waals surface area contributed by atoms with Crippen LogP contribution in [0.15, 0.2) is 54.6 Å². The lowest BCUT2D eigenvalue weighted by molar-refractivity contribution is -0.137. The average Bonchev–Trinajstić information content (AvgIpc) is 2.76. The van der Waals surface area contributed by atoms with Crippen molar-refractivity contribution in [1.29, 1.82) is 5.26 Å². The van der Waals surface area contributed by atoms with Crippen LogP contribution in [0.1, 0.15) is 24.8 Å². The van der Waals surface area contributed by atoms with Gasteiger partial charge in [-0.1, -0.05) is 18.2 Å². The first-order chi connectivity index (χ1) is 14.8. The van der Waals surface area contributed by atoms with Crippen LogP contribution in [0.4, 0.5) is 18.9 Å². The molecule has 2 amide bonds. The fourth-order valence-corrected chi connectivity index (χ4v) is 2.71. The van der Waals surface area contributed by atoms with E-state index in [9.17, 15) is 22.8 Å². The molecule has 31 heavy (non-hydrogen) atoms. The van der Waals surface area contributed by atoms with Gasteiger partial charge in [-0.3, -0.25) is 9.59 Å². The number of ether oxygens (including phenoxy) is 1. The van der Waals surface area contributed by atoms with E-state index < -0.39 is 11.7 Å². The minimum absolute atomic E-state index is 0.0219. The maximum atomic E-state index is 12.5. The summed E-state index contributed by atoms with van der Waals surface area (Å²) in [5.74, 6) is -0.358. The van der Waals surface area contributed by atoms with Gasteiger partial charge in [-0.2, -0.15) is 18.4 Å². The lowest BCUT2D eigenvalue weighted by Crippen LogP contribution is -2.34. The molecule has 9 heteroatoms. The number of nitrogens with zero attached hydrogens (tertiary/aromatic N) is 2. The van der Waals surface area contributed by atoms with Crippen molar-refractivity contribution in [2.45, 2.75) is 25.4 Å². The molecule has 0 radical (unpaired) electrons. The molecule has 2 aromatic carbocycles. The smallest absolute Gasteiger partial charge is 0.416 e. The summed E-state index contributed by atoms with van der Waals surface area (Å²) >= 11 is 0. The predicted octanol–water partition coefficient (Wildman–Crippen LogP) is 3.93. The summed E-state index contributed by atoms with van der Waals surface area (Å²) in [6, 6.07) is 15.2. The molecule has 0 unspecified atom stereocenters. The molecule has 6 nitrogen and oxygen atoms in total. The highest BCUT2D eigenvalue weighted by Gasteiger charge is 2.30. The molecule has 0 bridgehead atoms. The Bertz CT molecular complexity index is 894. The highest BCUT2D eigenvalue weighted by Crippen LogP contribution is 2.30. The maximum Gasteiger partial charge on any atom is 0.416 e. The quantitative estimate of drug-likeness (QED) is 0.576. The topological polar surface area (TPSA) is 82.4 Å². The summed E-state index contributed by atoms with van der Waals surface area (Å²) < 4.78 is 42.9. The van der Waals surface area contributed by atoms with Crippen molar-refractivity contribution in [2.75, 3.05) is 24.6 Å². The molecule has 0 aromatic heterocycles. The number of hydrogen-bond acceptors (Lipinski definition) is 4. The molecule has 0 aliphatic carbocycles. The fourth-order valence-electron chi connectivity index (χ4n) is 2.71. The van der Waals surface area contributed by atoms with Crippen molar-refractivity contribution >= 4 is 17.5 Å². The Balaban J connectivity index is 1.73. The van der Waals surface area contributed by atoms with Gasteiger partial charge in [0.1, 0.15) is 12.4 Å². The Morgan fingerprint density at radius 3 is 2.32 bits per heavy atom. The molecular weight excluding hydrogens is 411 g/mol. The minimum atomic E-state index is -4.41. The molecule has 0 aliphatic heterocycles. The van der Waals surface area contributed by atoms with Gasteiger partial charge in [0.2, 0.25) is 11.8 Å². The van der Waals surface area contributed by atoms with E-state index in [0.717, 1.165) is 12.1 Å². The van der Waals surface area contributed by atoms with Gasteiger partial charge in [-0.05, 0) is 36.4 Å². The fraction of sp³-hybridized carbons (Fsp3) is 0.318. The molecule has 164 valence electrons. The van der Waals surface area contributed by atoms with Gasteiger partial charge in [0.05, 0.1) is 24.6 Å². The van der Waals surface area contributed by atoms with Crippen LogP contribution in [-0.4, -0.2) is 31.5 Å². The Kier molecular flexibility index (Phi) is 8.88. The van der Waals surface area contributed by atoms with E-state index in [1.807, 2.05) is 12.1 Å². The van der Waals surface area contributed by atoms with E-state index in [1.54, 1.807) is 24.3 Å². The lowest BCUT2D eigenvalue weighted by atomic mass is 10.2. The van der Waals surface area contributed by atoms with E-state index in [1.165, 1.54) is 17.0 Å². The van der Waals surface area contributed by atoms with Gasteiger partial charge in [-0.25, -0.2) is 0 Å². The van der Waals surface area contributed by atoms with Gasteiger partial charge in [0.25, 0.3) is 0 Å². The first-order valence-corrected chi connectivity index (χ1v) is 9.60. The largest absolute Gasteiger partial charge is 0.492 e. The number of carbonyl (C=O) groups excluding carboxylic acids is 2. The minimum Gasteiger partial charge on any atom is -0.492 e. The number of nitriles is 1. The zero-order valence-electron chi connectivity index (χ0n) is 16.7. The Morgan fingerprint density at radius 1 is 1.03 bits per heavy atom. The number of alkyl halides is 3. The standard InChI is InChI=1S/C22H22F3N3O3/c23-22(24,25)17-7-9-19(10-8-17)31-16-14-27-20(29)11-12-21(30)28(15-4-13-26)18-5-2-1-3-6-18/h1-3,5-10H,4,11-12,14-16H2,(H,27,29). The van der Waals surface area contributed by atoms with Gasteiger partial charge >= 0.3 is 6.18 Å². The number of anilines is 1. The van der Waals surface area contributed by atoms with Crippen LogP contribution in [0.2, 0.25) is 0 Å². The van der Waals surface area contributed by atoms with E-state index >= 15 is 0 Å². The molecular formula is C22H22F3N3O3. The van der Waals surface area contributed by atoms with Crippen LogP contribution in [0.3, 0.4) is 0 Å². The summed E-state index contributed by atoms with van der Waals surface area (Å²) in [7, 11) is 0. The third kappa shape index (κ3) is 8.01. The Hall–Kier alpha value is -3.54. The summed E-state index contributed by atoms with van der Waals surface area (Å²) in [6.07, 6.45) is -4.29. The van der Waals surface area contributed by atoms with Crippen molar-refractivity contribution in [3.05, 3.63) is 60.2 Å². The van der Waals surface area contributed by atoms with Crippen molar-refractivity contribution < 1.29 is 27.5 Å². The number of para-hydroxylation sites is 1. The van der Waals surface area contributed by atoms with Crippen molar-refractivity contribution in [3.8, 4) is 11.8 Å². The van der Waals surface area contributed by atoms with E-state index in [-0.39, 0.29) is 56.5 Å². The average molecular weight is 433 g/mol. The van der Waals surface area contributed by atoms with Crippen molar-refractivity contribution in [2.24, 2.45) is 0 Å².